The van der Waals surface area contributed by atoms with Gasteiger partial charge in [-0.2, -0.15) is 4.98 Å². The molecule has 1 aliphatic rings. The molecule has 0 spiro atoms. The molecule has 0 saturated carbocycles. The quantitative estimate of drug-likeness (QED) is 0.778. The maximum absolute atomic E-state index is 12.1. The maximum atomic E-state index is 12.1. The predicted octanol–water partition coefficient (Wildman–Crippen LogP) is 2.08. The maximum Gasteiger partial charge on any atom is 0.274 e. The van der Waals surface area contributed by atoms with Gasteiger partial charge in [0.05, 0.1) is 6.61 Å². The van der Waals surface area contributed by atoms with E-state index in [0.29, 0.717) is 29.4 Å². The Morgan fingerprint density at radius 3 is 3.05 bits per heavy atom. The summed E-state index contributed by atoms with van der Waals surface area (Å²) in [6, 6.07) is 8.83. The van der Waals surface area contributed by atoms with Crippen molar-refractivity contribution in [3.63, 3.8) is 0 Å². The Labute approximate surface area is 119 Å². The van der Waals surface area contributed by atoms with E-state index in [2.05, 4.69) is 15.1 Å². The minimum absolute atomic E-state index is 0.0664. The van der Waals surface area contributed by atoms with Crippen LogP contribution in [-0.2, 0) is 4.74 Å². The molecule has 6 heteroatoms. The number of fused-ring (bicyclic) bond motifs is 1. The molecule has 2 aromatic heterocycles. The lowest BCUT2D eigenvalue weighted by molar-refractivity contribution is 0.192. The van der Waals surface area contributed by atoms with Crippen LogP contribution in [0.1, 0.15) is 18.2 Å². The van der Waals surface area contributed by atoms with Crippen molar-refractivity contribution >= 4 is 10.9 Å². The van der Waals surface area contributed by atoms with Crippen molar-refractivity contribution in [2.24, 2.45) is 0 Å². The first-order valence-electron chi connectivity index (χ1n) is 6.85. The molecule has 21 heavy (non-hydrogen) atoms. The number of pyridine rings is 1. The Bertz CT molecular complexity index is 846. The van der Waals surface area contributed by atoms with Crippen LogP contribution in [0.15, 0.2) is 39.6 Å². The van der Waals surface area contributed by atoms with E-state index >= 15 is 0 Å². The lowest BCUT2D eigenvalue weighted by Gasteiger charge is -2.00. The highest BCUT2D eigenvalue weighted by Crippen LogP contribution is 2.25. The number of nitrogens with zero attached hydrogens (tertiary/aromatic N) is 2. The van der Waals surface area contributed by atoms with E-state index in [1.54, 1.807) is 6.07 Å². The fraction of sp³-hybridized carbons (Fsp3) is 0.267. The van der Waals surface area contributed by atoms with Crippen LogP contribution in [0.3, 0.4) is 0 Å². The van der Waals surface area contributed by atoms with Gasteiger partial charge in [0.15, 0.2) is 11.3 Å². The summed E-state index contributed by atoms with van der Waals surface area (Å²) in [5.74, 6) is 1.14. The normalized spacial score (nSPS) is 18.4. The van der Waals surface area contributed by atoms with E-state index < -0.39 is 0 Å². The summed E-state index contributed by atoms with van der Waals surface area (Å²) in [5, 5.41) is 4.64. The van der Waals surface area contributed by atoms with Crippen LogP contribution >= 0.6 is 0 Å². The highest BCUT2D eigenvalue weighted by atomic mass is 16.5. The van der Waals surface area contributed by atoms with Crippen molar-refractivity contribution in [2.45, 2.75) is 12.3 Å². The zero-order chi connectivity index (χ0) is 14.2. The second-order valence-electron chi connectivity index (χ2n) is 5.11. The van der Waals surface area contributed by atoms with Gasteiger partial charge in [0.1, 0.15) is 5.69 Å². The Hall–Kier alpha value is -2.47. The van der Waals surface area contributed by atoms with Gasteiger partial charge in [-0.25, -0.2) is 0 Å². The van der Waals surface area contributed by atoms with Gasteiger partial charge in [-0.15, -0.1) is 0 Å². The standard InChI is InChI=1S/C15H13N3O3/c19-13-7-12(16-11-4-2-1-3-10(11)13)15-17-14(18-21-15)9-5-6-20-8-9/h1-4,7,9H,5-6,8H2,(H,16,19). The van der Waals surface area contributed by atoms with Gasteiger partial charge in [-0.1, -0.05) is 17.3 Å². The number of rotatable bonds is 2. The average Bonchev–Trinajstić information content (AvgIpc) is 3.18. The molecule has 3 heterocycles. The fourth-order valence-electron chi connectivity index (χ4n) is 2.56. The van der Waals surface area contributed by atoms with Gasteiger partial charge in [0.25, 0.3) is 5.89 Å². The zero-order valence-electron chi connectivity index (χ0n) is 11.2. The molecule has 0 aliphatic carbocycles. The molecule has 4 rings (SSSR count). The van der Waals surface area contributed by atoms with E-state index in [1.807, 2.05) is 18.2 Å². The second kappa shape index (κ2) is 4.82. The number of hydrogen-bond donors (Lipinski definition) is 1. The van der Waals surface area contributed by atoms with Crippen LogP contribution in [0.4, 0.5) is 0 Å². The van der Waals surface area contributed by atoms with E-state index in [9.17, 15) is 4.79 Å². The molecule has 106 valence electrons. The molecule has 6 nitrogen and oxygen atoms in total. The van der Waals surface area contributed by atoms with Crippen LogP contribution in [0.25, 0.3) is 22.5 Å². The molecule has 1 aromatic carbocycles. The van der Waals surface area contributed by atoms with E-state index in [1.165, 1.54) is 6.07 Å². The summed E-state index contributed by atoms with van der Waals surface area (Å²) in [5.41, 5.74) is 1.23. The summed E-state index contributed by atoms with van der Waals surface area (Å²) >= 11 is 0. The Morgan fingerprint density at radius 2 is 2.19 bits per heavy atom. The van der Waals surface area contributed by atoms with Crippen molar-refractivity contribution < 1.29 is 9.26 Å². The molecule has 3 aromatic rings. The molecular weight excluding hydrogens is 270 g/mol. The van der Waals surface area contributed by atoms with E-state index in [0.717, 1.165) is 18.5 Å². The molecular formula is C15H13N3O3. The van der Waals surface area contributed by atoms with Crippen LogP contribution in [0.2, 0.25) is 0 Å². The first-order chi connectivity index (χ1) is 10.3. The van der Waals surface area contributed by atoms with Gasteiger partial charge in [0, 0.05) is 29.5 Å². The second-order valence-corrected chi connectivity index (χ2v) is 5.11. The predicted molar refractivity (Wildman–Crippen MR) is 76.0 cm³/mol. The molecule has 1 fully saturated rings. The summed E-state index contributed by atoms with van der Waals surface area (Å²) in [6.45, 7) is 1.34. The third-order valence-corrected chi connectivity index (χ3v) is 3.70. The van der Waals surface area contributed by atoms with Crippen molar-refractivity contribution in [2.75, 3.05) is 13.2 Å². The van der Waals surface area contributed by atoms with Gasteiger partial charge in [-0.3, -0.25) is 4.79 Å². The summed E-state index contributed by atoms with van der Waals surface area (Å²) in [4.78, 5) is 19.6. The largest absolute Gasteiger partial charge is 0.381 e. The van der Waals surface area contributed by atoms with Crippen molar-refractivity contribution in [3.8, 4) is 11.6 Å². The fourth-order valence-corrected chi connectivity index (χ4v) is 2.56. The number of ether oxygens (including phenoxy) is 1. The third-order valence-electron chi connectivity index (χ3n) is 3.70. The van der Waals surface area contributed by atoms with Crippen LogP contribution in [-0.4, -0.2) is 28.3 Å². The number of benzene rings is 1. The number of nitrogens with one attached hydrogen (secondary N) is 1. The van der Waals surface area contributed by atoms with Crippen molar-refractivity contribution in [1.82, 2.24) is 15.1 Å². The first kappa shape index (κ1) is 12.3. The molecule has 1 saturated heterocycles. The highest BCUT2D eigenvalue weighted by Gasteiger charge is 2.23. The van der Waals surface area contributed by atoms with Gasteiger partial charge in [0.2, 0.25) is 0 Å². The number of H-pyrrole nitrogens is 1. The van der Waals surface area contributed by atoms with Crippen molar-refractivity contribution in [3.05, 3.63) is 46.4 Å². The molecule has 1 aliphatic heterocycles. The van der Waals surface area contributed by atoms with Crippen LogP contribution in [0.5, 0.6) is 0 Å². The number of para-hydroxylation sites is 1. The highest BCUT2D eigenvalue weighted by molar-refractivity contribution is 5.80. The summed E-state index contributed by atoms with van der Waals surface area (Å²) < 4.78 is 10.6. The molecule has 1 atom stereocenters. The number of hydrogen-bond acceptors (Lipinski definition) is 5. The lowest BCUT2D eigenvalue weighted by Crippen LogP contribution is -2.03. The minimum Gasteiger partial charge on any atom is -0.381 e. The van der Waals surface area contributed by atoms with E-state index in [4.69, 9.17) is 9.26 Å². The topological polar surface area (TPSA) is 81.0 Å². The molecule has 1 N–H and O–H groups in total. The number of aromatic amines is 1. The van der Waals surface area contributed by atoms with Gasteiger partial charge >= 0.3 is 0 Å². The molecule has 0 amide bonds. The molecule has 0 bridgehead atoms. The monoisotopic (exact) mass is 283 g/mol. The smallest absolute Gasteiger partial charge is 0.274 e. The summed E-state index contributed by atoms with van der Waals surface area (Å²) in [7, 11) is 0. The van der Waals surface area contributed by atoms with Crippen LogP contribution in [0, 0.1) is 0 Å². The van der Waals surface area contributed by atoms with E-state index in [-0.39, 0.29) is 11.3 Å². The first-order valence-corrected chi connectivity index (χ1v) is 6.85. The lowest BCUT2D eigenvalue weighted by atomic mass is 10.1. The molecule has 0 radical (unpaired) electrons. The van der Waals surface area contributed by atoms with Gasteiger partial charge in [-0.05, 0) is 18.6 Å². The Balaban J connectivity index is 1.78. The average molecular weight is 283 g/mol. The third kappa shape index (κ3) is 2.13. The summed E-state index contributed by atoms with van der Waals surface area (Å²) in [6.07, 6.45) is 0.896. The Morgan fingerprint density at radius 1 is 1.29 bits per heavy atom. The minimum atomic E-state index is -0.0664. The number of aromatic nitrogens is 3. The van der Waals surface area contributed by atoms with Crippen molar-refractivity contribution in [1.29, 1.82) is 0 Å². The Kier molecular flexibility index (Phi) is 2.82. The zero-order valence-corrected chi connectivity index (χ0v) is 11.2. The SMILES string of the molecule is O=c1cc(-c2nc(C3CCOC3)no2)[nH]c2ccccc12. The van der Waals surface area contributed by atoms with Gasteiger partial charge < -0.3 is 14.2 Å². The van der Waals surface area contributed by atoms with Crippen LogP contribution < -0.4 is 5.43 Å². The molecule has 1 unspecified atom stereocenters.